The number of thioether (sulfide) groups is 2. The number of nitrogens with one attached hydrogen (secondary N) is 1. The number of Topliss-reactive ketones (excluding diaryl/α,β-unsaturated/α-hetero) is 1. The average molecular weight is 480 g/mol. The van der Waals surface area contributed by atoms with Crippen molar-refractivity contribution in [2.24, 2.45) is 0 Å². The van der Waals surface area contributed by atoms with Gasteiger partial charge in [-0.05, 0) is 30.0 Å². The number of anilines is 1. The fourth-order valence-electron chi connectivity index (χ4n) is 3.02. The van der Waals surface area contributed by atoms with Gasteiger partial charge in [-0.2, -0.15) is 13.2 Å². The van der Waals surface area contributed by atoms with Gasteiger partial charge in [0.2, 0.25) is 5.91 Å². The molecule has 0 radical (unpaired) electrons. The van der Waals surface area contributed by atoms with Gasteiger partial charge in [-0.25, -0.2) is 4.98 Å². The van der Waals surface area contributed by atoms with Crippen molar-refractivity contribution in [2.75, 3.05) is 17.3 Å². The first-order valence-corrected chi connectivity index (χ1v) is 11.7. The van der Waals surface area contributed by atoms with Gasteiger partial charge in [-0.15, -0.1) is 11.8 Å². The molecule has 0 unspecified atom stereocenters. The van der Waals surface area contributed by atoms with Crippen LogP contribution in [0.15, 0.2) is 64.8 Å². The van der Waals surface area contributed by atoms with Crippen molar-refractivity contribution in [2.45, 2.75) is 29.7 Å². The molecule has 1 amide bonds. The topological polar surface area (TPSA) is 64.0 Å². The van der Waals surface area contributed by atoms with E-state index in [2.05, 4.69) is 10.3 Å². The van der Waals surface area contributed by atoms with Crippen LogP contribution in [0.3, 0.4) is 0 Å². The van der Waals surface area contributed by atoms with Crippen molar-refractivity contribution < 1.29 is 22.8 Å². The molecule has 1 N–H and O–H groups in total. The monoisotopic (exact) mass is 479 g/mol. The number of hydrogen-bond donors (Lipinski definition) is 1. The molecule has 0 spiro atoms. The van der Waals surface area contributed by atoms with Gasteiger partial charge in [0.25, 0.3) is 0 Å². The number of carbonyl (C=O) groups is 2. The molecule has 0 saturated carbocycles. The first kappa shape index (κ1) is 23.9. The van der Waals surface area contributed by atoms with Crippen LogP contribution >= 0.6 is 23.5 Å². The largest absolute Gasteiger partial charge is 0.406 e. The molecule has 168 valence electrons. The van der Waals surface area contributed by atoms with Crippen LogP contribution in [0, 0.1) is 0 Å². The molecule has 0 saturated heterocycles. The van der Waals surface area contributed by atoms with Crippen LogP contribution < -0.4 is 5.32 Å². The van der Waals surface area contributed by atoms with E-state index in [1.165, 1.54) is 24.9 Å². The lowest BCUT2D eigenvalue weighted by atomic mass is 10.1. The smallest absolute Gasteiger partial charge is 0.325 e. The SMILES string of the molecule is CSc1cc(C(=O)CSc2ncc(-c3ccccc3)n2CC(F)(F)F)ccc1NC(C)=O. The van der Waals surface area contributed by atoms with Gasteiger partial charge < -0.3 is 9.88 Å². The molecular weight excluding hydrogens is 459 g/mol. The Bertz CT molecular complexity index is 1120. The highest BCUT2D eigenvalue weighted by atomic mass is 32.2. The molecule has 0 bridgehead atoms. The summed E-state index contributed by atoms with van der Waals surface area (Å²) in [6.45, 7) is 0.197. The molecule has 1 aromatic heterocycles. The molecule has 10 heteroatoms. The highest BCUT2D eigenvalue weighted by molar-refractivity contribution is 7.99. The minimum atomic E-state index is -4.43. The van der Waals surface area contributed by atoms with Gasteiger partial charge in [0, 0.05) is 17.4 Å². The molecule has 0 aliphatic carbocycles. The molecule has 5 nitrogen and oxygen atoms in total. The molecule has 3 rings (SSSR count). The summed E-state index contributed by atoms with van der Waals surface area (Å²) in [5.41, 5.74) is 1.96. The van der Waals surface area contributed by atoms with E-state index in [4.69, 9.17) is 0 Å². The molecule has 2 aromatic carbocycles. The zero-order chi connectivity index (χ0) is 23.3. The summed E-state index contributed by atoms with van der Waals surface area (Å²) >= 11 is 2.34. The van der Waals surface area contributed by atoms with E-state index in [-0.39, 0.29) is 22.6 Å². The maximum atomic E-state index is 13.2. The van der Waals surface area contributed by atoms with E-state index in [1.54, 1.807) is 48.5 Å². The van der Waals surface area contributed by atoms with Crippen LogP contribution in [0.1, 0.15) is 17.3 Å². The van der Waals surface area contributed by atoms with Crippen LogP contribution in [0.5, 0.6) is 0 Å². The van der Waals surface area contributed by atoms with Crippen molar-refractivity contribution in [3.8, 4) is 11.3 Å². The number of aromatic nitrogens is 2. The van der Waals surface area contributed by atoms with Gasteiger partial charge in [0.1, 0.15) is 6.54 Å². The maximum Gasteiger partial charge on any atom is 0.406 e. The Hall–Kier alpha value is -2.72. The van der Waals surface area contributed by atoms with Crippen LogP contribution in [-0.2, 0) is 11.3 Å². The van der Waals surface area contributed by atoms with Crippen LogP contribution in [0.2, 0.25) is 0 Å². The quantitative estimate of drug-likeness (QED) is 0.328. The second-order valence-corrected chi connectivity index (χ2v) is 8.59. The Balaban J connectivity index is 1.81. The number of rotatable bonds is 8. The highest BCUT2D eigenvalue weighted by Crippen LogP contribution is 2.31. The fourth-order valence-corrected chi connectivity index (χ4v) is 4.47. The predicted molar refractivity (Wildman–Crippen MR) is 121 cm³/mol. The summed E-state index contributed by atoms with van der Waals surface area (Å²) in [4.78, 5) is 28.9. The molecule has 0 fully saturated rings. The number of hydrogen-bond acceptors (Lipinski definition) is 5. The summed E-state index contributed by atoms with van der Waals surface area (Å²) < 4.78 is 40.7. The Labute approximate surface area is 191 Å². The number of carbonyl (C=O) groups excluding carboxylic acids is 2. The summed E-state index contributed by atoms with van der Waals surface area (Å²) in [7, 11) is 0. The number of imidazole rings is 1. The van der Waals surface area contributed by atoms with E-state index < -0.39 is 12.7 Å². The average Bonchev–Trinajstić information content (AvgIpc) is 3.13. The summed E-state index contributed by atoms with van der Waals surface area (Å²) in [6, 6.07) is 13.6. The van der Waals surface area contributed by atoms with Crippen molar-refractivity contribution in [3.63, 3.8) is 0 Å². The van der Waals surface area contributed by atoms with E-state index in [0.29, 0.717) is 22.5 Å². The van der Waals surface area contributed by atoms with Crippen LogP contribution in [0.4, 0.5) is 18.9 Å². The molecule has 3 aromatic rings. The second kappa shape index (κ2) is 10.3. The lowest BCUT2D eigenvalue weighted by molar-refractivity contribution is -0.141. The molecule has 0 atom stereocenters. The number of amides is 1. The Morgan fingerprint density at radius 2 is 1.84 bits per heavy atom. The minimum absolute atomic E-state index is 0.0730. The summed E-state index contributed by atoms with van der Waals surface area (Å²) in [6.07, 6.45) is -1.22. The molecule has 32 heavy (non-hydrogen) atoms. The standard InChI is InChI=1S/C22H20F3N3O2S2/c1-14(29)27-17-9-8-16(10-20(17)31-2)19(30)12-32-21-26-11-18(15-6-4-3-5-7-15)28(21)13-22(23,24)25/h3-11H,12-13H2,1-2H3,(H,27,29). The Kier molecular flexibility index (Phi) is 7.68. The molecule has 0 aliphatic rings. The van der Waals surface area contributed by atoms with Gasteiger partial charge in [-0.3, -0.25) is 9.59 Å². The van der Waals surface area contributed by atoms with Crippen molar-refractivity contribution in [3.05, 3.63) is 60.3 Å². The zero-order valence-electron chi connectivity index (χ0n) is 17.3. The van der Waals surface area contributed by atoms with Gasteiger partial charge in [-0.1, -0.05) is 42.1 Å². The highest BCUT2D eigenvalue weighted by Gasteiger charge is 2.31. The normalized spacial score (nSPS) is 11.4. The maximum absolute atomic E-state index is 13.2. The van der Waals surface area contributed by atoms with E-state index in [1.807, 2.05) is 6.26 Å². The third kappa shape index (κ3) is 6.17. The zero-order valence-corrected chi connectivity index (χ0v) is 18.9. The van der Waals surface area contributed by atoms with Crippen LogP contribution in [-0.4, -0.2) is 39.4 Å². The van der Waals surface area contributed by atoms with Crippen molar-refractivity contribution >= 4 is 40.9 Å². The van der Waals surface area contributed by atoms with Crippen LogP contribution in [0.25, 0.3) is 11.3 Å². The molecular formula is C22H20F3N3O2S2. The summed E-state index contributed by atoms with van der Waals surface area (Å²) in [5.74, 6) is -0.542. The van der Waals surface area contributed by atoms with E-state index in [0.717, 1.165) is 21.2 Å². The Morgan fingerprint density at radius 3 is 2.47 bits per heavy atom. The van der Waals surface area contributed by atoms with Gasteiger partial charge >= 0.3 is 6.18 Å². The van der Waals surface area contributed by atoms with Crippen molar-refractivity contribution in [1.82, 2.24) is 9.55 Å². The number of benzene rings is 2. The molecule has 0 aliphatic heterocycles. The third-order valence-electron chi connectivity index (χ3n) is 4.39. The first-order chi connectivity index (χ1) is 15.2. The number of nitrogens with zero attached hydrogens (tertiary/aromatic N) is 2. The number of ketones is 1. The predicted octanol–water partition coefficient (Wildman–Crippen LogP) is 5.77. The number of halogens is 3. The fraction of sp³-hybridized carbons (Fsp3) is 0.227. The molecule has 1 heterocycles. The minimum Gasteiger partial charge on any atom is -0.325 e. The summed E-state index contributed by atoms with van der Waals surface area (Å²) in [5, 5.41) is 2.82. The van der Waals surface area contributed by atoms with Crippen molar-refractivity contribution in [1.29, 1.82) is 0 Å². The Morgan fingerprint density at radius 1 is 1.12 bits per heavy atom. The third-order valence-corrected chi connectivity index (χ3v) is 6.16. The lowest BCUT2D eigenvalue weighted by Crippen LogP contribution is -2.19. The lowest BCUT2D eigenvalue weighted by Gasteiger charge is -2.14. The van der Waals surface area contributed by atoms with E-state index in [9.17, 15) is 22.8 Å². The number of alkyl halides is 3. The second-order valence-electron chi connectivity index (χ2n) is 6.80. The van der Waals surface area contributed by atoms with Gasteiger partial charge in [0.05, 0.1) is 23.3 Å². The van der Waals surface area contributed by atoms with E-state index >= 15 is 0 Å². The first-order valence-electron chi connectivity index (χ1n) is 9.47. The van der Waals surface area contributed by atoms with Gasteiger partial charge in [0.15, 0.2) is 10.9 Å².